The molecule has 3 heteroatoms. The highest BCUT2D eigenvalue weighted by Crippen LogP contribution is 2.49. The molecule has 2 nitrogen and oxygen atoms in total. The van der Waals surface area contributed by atoms with Crippen molar-refractivity contribution in [3.8, 4) is 0 Å². The van der Waals surface area contributed by atoms with Gasteiger partial charge in [0, 0.05) is 35.4 Å². The first-order valence-electron chi connectivity index (χ1n) is 13.1. The Kier molecular flexibility index (Phi) is 7.58. The van der Waals surface area contributed by atoms with Gasteiger partial charge in [-0.05, 0) is 49.4 Å². The summed E-state index contributed by atoms with van der Waals surface area (Å²) in [5, 5.41) is 5.23. The summed E-state index contributed by atoms with van der Waals surface area (Å²) < 4.78 is 2.40. The molecule has 0 atom stereocenters. The van der Waals surface area contributed by atoms with Crippen LogP contribution in [0, 0.1) is 0 Å². The van der Waals surface area contributed by atoms with Gasteiger partial charge in [0.2, 0.25) is 5.52 Å². The summed E-state index contributed by atoms with van der Waals surface area (Å²) in [5.74, 6) is 0. The summed E-state index contributed by atoms with van der Waals surface area (Å²) in [6, 6.07) is 24.2. The highest BCUT2D eigenvalue weighted by atomic mass is 32.2. The molecule has 0 bridgehead atoms. The number of pyridine rings is 1. The molecule has 1 aliphatic rings. The van der Waals surface area contributed by atoms with Crippen molar-refractivity contribution in [2.24, 2.45) is 0 Å². The van der Waals surface area contributed by atoms with E-state index in [4.69, 9.17) is 0 Å². The maximum Gasteiger partial charge on any atom is 0.213 e. The molecule has 1 aliphatic heterocycles. The van der Waals surface area contributed by atoms with Crippen LogP contribution in [0.3, 0.4) is 0 Å². The standard InChI is InChI=1S/C33H35N2S/c1-4-6-11-23-34-24-22-27(28-13-9-10-15-30(28)34)18-16-25(3)17-21-32-35(5-2)33-29-14-8-7-12-26(29)19-20-31(33)36-32/h7-10,12-22,24H,4-6,11,23H2,1-3H3/q+1. The molecule has 36 heavy (non-hydrogen) atoms. The maximum absolute atomic E-state index is 2.44. The summed E-state index contributed by atoms with van der Waals surface area (Å²) in [5.41, 5.74) is 5.16. The van der Waals surface area contributed by atoms with Gasteiger partial charge in [-0.15, -0.1) is 0 Å². The summed E-state index contributed by atoms with van der Waals surface area (Å²) in [6.45, 7) is 8.71. The Morgan fingerprint density at radius 1 is 0.917 bits per heavy atom. The number of anilines is 1. The van der Waals surface area contributed by atoms with Gasteiger partial charge >= 0.3 is 0 Å². The third-order valence-electron chi connectivity index (χ3n) is 6.91. The number of benzene rings is 3. The molecule has 1 aromatic heterocycles. The molecule has 182 valence electrons. The molecule has 2 heterocycles. The van der Waals surface area contributed by atoms with Crippen LogP contribution in [0.15, 0.2) is 107 Å². The van der Waals surface area contributed by atoms with Crippen molar-refractivity contribution < 1.29 is 4.57 Å². The van der Waals surface area contributed by atoms with Crippen LogP contribution in [0.25, 0.3) is 27.8 Å². The van der Waals surface area contributed by atoms with Crippen molar-refractivity contribution in [1.82, 2.24) is 0 Å². The van der Waals surface area contributed by atoms with Crippen molar-refractivity contribution in [3.05, 3.63) is 107 Å². The molecule has 0 radical (unpaired) electrons. The van der Waals surface area contributed by atoms with Gasteiger partial charge in [0.05, 0.1) is 16.1 Å². The summed E-state index contributed by atoms with van der Waals surface area (Å²) in [6.07, 6.45) is 15.0. The molecular formula is C33H35N2S+. The first kappa shape index (κ1) is 24.4. The number of aromatic nitrogens is 1. The molecule has 4 aromatic rings. The number of hydrogen-bond acceptors (Lipinski definition) is 2. The van der Waals surface area contributed by atoms with Crippen LogP contribution in [-0.4, -0.2) is 6.54 Å². The predicted molar refractivity (Wildman–Crippen MR) is 157 cm³/mol. The Balaban J connectivity index is 1.39. The van der Waals surface area contributed by atoms with E-state index in [-0.39, 0.29) is 0 Å². The van der Waals surface area contributed by atoms with Crippen LogP contribution in [0.5, 0.6) is 0 Å². The van der Waals surface area contributed by atoms with Gasteiger partial charge in [0.1, 0.15) is 6.54 Å². The lowest BCUT2D eigenvalue weighted by Crippen LogP contribution is -2.34. The number of para-hydroxylation sites is 1. The summed E-state index contributed by atoms with van der Waals surface area (Å²) >= 11 is 1.87. The minimum absolute atomic E-state index is 0.955. The van der Waals surface area contributed by atoms with Crippen LogP contribution in [-0.2, 0) is 6.54 Å². The predicted octanol–water partition coefficient (Wildman–Crippen LogP) is 8.90. The van der Waals surface area contributed by atoms with Gasteiger partial charge in [0.25, 0.3) is 0 Å². The number of thioether (sulfide) groups is 1. The molecule has 0 saturated heterocycles. The number of allylic oxidation sites excluding steroid dienone is 4. The Hall–Kier alpha value is -3.30. The van der Waals surface area contributed by atoms with Gasteiger partial charge in [0.15, 0.2) is 6.20 Å². The Labute approximate surface area is 219 Å². The molecule has 0 spiro atoms. The fourth-order valence-electron chi connectivity index (χ4n) is 4.97. The topological polar surface area (TPSA) is 7.12 Å². The monoisotopic (exact) mass is 491 g/mol. The number of fused-ring (bicyclic) bond motifs is 4. The van der Waals surface area contributed by atoms with E-state index in [1.165, 1.54) is 67.7 Å². The second-order valence-corrected chi connectivity index (χ2v) is 10.5. The van der Waals surface area contributed by atoms with Gasteiger partial charge < -0.3 is 4.90 Å². The van der Waals surface area contributed by atoms with E-state index in [0.717, 1.165) is 13.1 Å². The smallest absolute Gasteiger partial charge is 0.213 e. The Morgan fingerprint density at radius 3 is 2.56 bits per heavy atom. The minimum atomic E-state index is 0.955. The van der Waals surface area contributed by atoms with E-state index in [9.17, 15) is 0 Å². The quantitative estimate of drug-likeness (QED) is 0.138. The van der Waals surface area contributed by atoms with E-state index in [1.807, 2.05) is 11.8 Å². The fourth-order valence-corrected chi connectivity index (χ4v) is 6.12. The van der Waals surface area contributed by atoms with Gasteiger partial charge in [-0.2, -0.15) is 4.57 Å². The number of hydrogen-bond donors (Lipinski definition) is 0. The Bertz CT molecular complexity index is 1480. The highest BCUT2D eigenvalue weighted by Gasteiger charge is 2.25. The average molecular weight is 492 g/mol. The first-order chi connectivity index (χ1) is 17.7. The first-order valence-corrected chi connectivity index (χ1v) is 14.0. The second kappa shape index (κ2) is 11.2. The van der Waals surface area contributed by atoms with Crippen LogP contribution < -0.4 is 9.47 Å². The van der Waals surface area contributed by atoms with E-state index in [2.05, 4.69) is 127 Å². The highest BCUT2D eigenvalue weighted by molar-refractivity contribution is 8.03. The molecule has 0 aliphatic carbocycles. The maximum atomic E-state index is 2.44. The molecule has 0 amide bonds. The lowest BCUT2D eigenvalue weighted by Gasteiger charge is -2.19. The van der Waals surface area contributed by atoms with E-state index < -0.39 is 0 Å². The summed E-state index contributed by atoms with van der Waals surface area (Å²) in [7, 11) is 0. The lowest BCUT2D eigenvalue weighted by molar-refractivity contribution is -0.671. The number of nitrogens with zero attached hydrogens (tertiary/aromatic N) is 2. The zero-order chi connectivity index (χ0) is 24.9. The number of aryl methyl sites for hydroxylation is 1. The average Bonchev–Trinajstić information content (AvgIpc) is 3.29. The van der Waals surface area contributed by atoms with Gasteiger partial charge in [-0.1, -0.05) is 91.4 Å². The van der Waals surface area contributed by atoms with Crippen molar-refractivity contribution in [1.29, 1.82) is 0 Å². The van der Waals surface area contributed by atoms with Crippen molar-refractivity contribution in [2.75, 3.05) is 11.4 Å². The molecule has 3 aromatic carbocycles. The number of rotatable bonds is 8. The number of unbranched alkanes of at least 4 members (excludes halogenated alkanes) is 2. The van der Waals surface area contributed by atoms with Crippen molar-refractivity contribution in [3.63, 3.8) is 0 Å². The summed E-state index contributed by atoms with van der Waals surface area (Å²) in [4.78, 5) is 3.78. The second-order valence-electron chi connectivity index (χ2n) is 9.42. The minimum Gasteiger partial charge on any atom is -0.335 e. The molecule has 0 unspecified atom stereocenters. The Morgan fingerprint density at radius 2 is 1.72 bits per heavy atom. The SMILES string of the molecule is CCCCC[n+]1ccc(/C=C/C(C)=C\C=C2/Sc3ccc4ccccc4c3N2CC)c2ccccc21. The third-order valence-corrected chi connectivity index (χ3v) is 8.02. The van der Waals surface area contributed by atoms with Gasteiger partial charge in [-0.25, -0.2) is 0 Å². The molecule has 0 N–H and O–H groups in total. The molecule has 5 rings (SSSR count). The van der Waals surface area contributed by atoms with Crippen LogP contribution >= 0.6 is 11.8 Å². The van der Waals surface area contributed by atoms with Crippen LogP contribution in [0.1, 0.15) is 45.6 Å². The zero-order valence-electron chi connectivity index (χ0n) is 21.6. The largest absolute Gasteiger partial charge is 0.335 e. The molecular weight excluding hydrogens is 456 g/mol. The lowest BCUT2D eigenvalue weighted by atomic mass is 10.1. The van der Waals surface area contributed by atoms with Gasteiger partial charge in [-0.3, -0.25) is 0 Å². The van der Waals surface area contributed by atoms with Crippen LogP contribution in [0.2, 0.25) is 0 Å². The third kappa shape index (κ3) is 4.99. The molecule has 0 saturated carbocycles. The van der Waals surface area contributed by atoms with Crippen molar-refractivity contribution >= 4 is 45.2 Å². The van der Waals surface area contributed by atoms with E-state index >= 15 is 0 Å². The fraction of sp³-hybridized carbons (Fsp3) is 0.242. The normalized spacial score (nSPS) is 15.0. The van der Waals surface area contributed by atoms with E-state index in [1.54, 1.807) is 0 Å². The van der Waals surface area contributed by atoms with Crippen LogP contribution in [0.4, 0.5) is 5.69 Å². The molecule has 0 fully saturated rings. The van der Waals surface area contributed by atoms with E-state index in [0.29, 0.717) is 0 Å². The van der Waals surface area contributed by atoms with Crippen molar-refractivity contribution in [2.45, 2.75) is 51.5 Å². The zero-order valence-corrected chi connectivity index (χ0v) is 22.4.